The van der Waals surface area contributed by atoms with Crippen molar-refractivity contribution in [3.05, 3.63) is 53.7 Å². The number of halogens is 1. The predicted octanol–water partition coefficient (Wildman–Crippen LogP) is 2.49. The third-order valence-electron chi connectivity index (χ3n) is 2.42. The monoisotopic (exact) mass is 301 g/mol. The molecule has 0 aliphatic heterocycles. The van der Waals surface area contributed by atoms with E-state index in [0.717, 1.165) is 16.0 Å². The highest BCUT2D eigenvalue weighted by atomic mass is 79.9. The zero-order valence-corrected chi connectivity index (χ0v) is 10.8. The Labute approximate surface area is 112 Å². The molecule has 0 saturated heterocycles. The van der Waals surface area contributed by atoms with Crippen LogP contribution in [-0.2, 0) is 0 Å². The first-order valence-corrected chi connectivity index (χ1v) is 6.07. The van der Waals surface area contributed by atoms with Crippen LogP contribution in [0, 0.1) is 0 Å². The maximum Gasteiger partial charge on any atom is 0.187 e. The summed E-state index contributed by atoms with van der Waals surface area (Å²) >= 11 is 3.35. The van der Waals surface area contributed by atoms with E-state index in [1.54, 1.807) is 18.7 Å². The average molecular weight is 302 g/mol. The molecule has 3 rings (SSSR count). The van der Waals surface area contributed by atoms with Gasteiger partial charge in [0.2, 0.25) is 0 Å². The molecule has 0 amide bonds. The molecule has 0 unspecified atom stereocenters. The van der Waals surface area contributed by atoms with E-state index < -0.39 is 0 Å². The van der Waals surface area contributed by atoms with E-state index in [4.69, 9.17) is 0 Å². The smallest absolute Gasteiger partial charge is 0.187 e. The van der Waals surface area contributed by atoms with Gasteiger partial charge >= 0.3 is 0 Å². The number of aromatic nitrogens is 5. The van der Waals surface area contributed by atoms with Crippen molar-refractivity contribution in [2.45, 2.75) is 0 Å². The lowest BCUT2D eigenvalue weighted by atomic mass is 10.3. The van der Waals surface area contributed by atoms with Crippen molar-refractivity contribution in [1.29, 1.82) is 0 Å². The summed E-state index contributed by atoms with van der Waals surface area (Å²) in [5, 5.41) is 8.04. The molecule has 0 radical (unpaired) electrons. The fourth-order valence-electron chi connectivity index (χ4n) is 1.63. The second-order valence-electron chi connectivity index (χ2n) is 3.58. The molecule has 3 aromatic rings. The normalized spacial score (nSPS) is 10.5. The van der Waals surface area contributed by atoms with Gasteiger partial charge in [0.05, 0.1) is 11.9 Å². The summed E-state index contributed by atoms with van der Waals surface area (Å²) in [6.07, 6.45) is 5.13. The van der Waals surface area contributed by atoms with Gasteiger partial charge < -0.3 is 0 Å². The molecule has 0 N–H and O–H groups in total. The van der Waals surface area contributed by atoms with Crippen molar-refractivity contribution in [2.24, 2.45) is 0 Å². The number of hydrogen-bond acceptors (Lipinski definition) is 4. The van der Waals surface area contributed by atoms with E-state index in [1.807, 2.05) is 34.9 Å². The number of hydrogen-bond donors (Lipinski definition) is 0. The van der Waals surface area contributed by atoms with E-state index in [0.29, 0.717) is 5.82 Å². The van der Waals surface area contributed by atoms with Crippen LogP contribution in [0.2, 0.25) is 0 Å². The first kappa shape index (κ1) is 11.0. The van der Waals surface area contributed by atoms with Crippen molar-refractivity contribution in [1.82, 2.24) is 24.7 Å². The summed E-state index contributed by atoms with van der Waals surface area (Å²) in [5.41, 5.74) is 1.66. The molecule has 0 aromatic carbocycles. The minimum absolute atomic E-state index is 0.685. The highest BCUT2D eigenvalue weighted by molar-refractivity contribution is 9.10. The van der Waals surface area contributed by atoms with Crippen LogP contribution in [-0.4, -0.2) is 24.7 Å². The topological polar surface area (TPSA) is 56.5 Å². The zero-order chi connectivity index (χ0) is 12.4. The van der Waals surface area contributed by atoms with Crippen LogP contribution in [0.1, 0.15) is 0 Å². The number of rotatable bonds is 2. The Morgan fingerprint density at radius 3 is 2.83 bits per heavy atom. The van der Waals surface area contributed by atoms with Gasteiger partial charge in [-0.25, -0.2) is 4.98 Å². The molecule has 18 heavy (non-hydrogen) atoms. The molecule has 0 fully saturated rings. The van der Waals surface area contributed by atoms with Crippen LogP contribution in [0.4, 0.5) is 0 Å². The van der Waals surface area contributed by atoms with Crippen LogP contribution < -0.4 is 0 Å². The maximum absolute atomic E-state index is 4.37. The maximum atomic E-state index is 4.37. The quantitative estimate of drug-likeness (QED) is 0.682. The summed E-state index contributed by atoms with van der Waals surface area (Å²) < 4.78 is 2.61. The number of pyridine rings is 2. The van der Waals surface area contributed by atoms with Crippen molar-refractivity contribution in [3.8, 4) is 17.2 Å². The van der Waals surface area contributed by atoms with Gasteiger partial charge in [-0.1, -0.05) is 6.07 Å². The molecule has 3 aromatic heterocycles. The van der Waals surface area contributed by atoms with Gasteiger partial charge in [-0.2, -0.15) is 0 Å². The Kier molecular flexibility index (Phi) is 2.85. The lowest BCUT2D eigenvalue weighted by Gasteiger charge is -2.05. The van der Waals surface area contributed by atoms with E-state index in [2.05, 4.69) is 36.1 Å². The lowest BCUT2D eigenvalue weighted by molar-refractivity contribution is 1.03. The van der Waals surface area contributed by atoms with Crippen LogP contribution in [0.25, 0.3) is 17.2 Å². The highest BCUT2D eigenvalue weighted by Gasteiger charge is 2.10. The Bertz CT molecular complexity index is 665. The molecular weight excluding hydrogens is 294 g/mol. The zero-order valence-electron chi connectivity index (χ0n) is 9.23. The van der Waals surface area contributed by atoms with Gasteiger partial charge in [-0.3, -0.25) is 9.55 Å². The van der Waals surface area contributed by atoms with Gasteiger partial charge in [-0.15, -0.1) is 10.2 Å². The minimum atomic E-state index is 0.685. The molecule has 5 nitrogen and oxygen atoms in total. The molecule has 88 valence electrons. The molecule has 0 atom stereocenters. The summed E-state index contributed by atoms with van der Waals surface area (Å²) in [6.45, 7) is 0. The summed E-state index contributed by atoms with van der Waals surface area (Å²) in [6, 6.07) is 9.48. The third kappa shape index (κ3) is 2.02. The summed E-state index contributed by atoms with van der Waals surface area (Å²) in [5.74, 6) is 0.685. The van der Waals surface area contributed by atoms with Gasteiger partial charge in [0, 0.05) is 6.20 Å². The van der Waals surface area contributed by atoms with Crippen molar-refractivity contribution in [3.63, 3.8) is 0 Å². The van der Waals surface area contributed by atoms with Crippen LogP contribution in [0.5, 0.6) is 0 Å². The summed E-state index contributed by atoms with van der Waals surface area (Å²) in [4.78, 5) is 8.46. The SMILES string of the molecule is Brc1cccc(-c2nncn2-c2cccnc2)n1. The van der Waals surface area contributed by atoms with Crippen molar-refractivity contribution in [2.75, 3.05) is 0 Å². The number of nitrogens with zero attached hydrogens (tertiary/aromatic N) is 5. The second kappa shape index (κ2) is 4.66. The van der Waals surface area contributed by atoms with Crippen LogP contribution in [0.3, 0.4) is 0 Å². The molecule has 0 aliphatic carbocycles. The second-order valence-corrected chi connectivity index (χ2v) is 4.39. The van der Waals surface area contributed by atoms with Crippen LogP contribution >= 0.6 is 15.9 Å². The first-order valence-electron chi connectivity index (χ1n) is 5.28. The van der Waals surface area contributed by atoms with E-state index in [1.165, 1.54) is 0 Å². The van der Waals surface area contributed by atoms with E-state index in [-0.39, 0.29) is 0 Å². The van der Waals surface area contributed by atoms with Crippen molar-refractivity contribution >= 4 is 15.9 Å². The van der Waals surface area contributed by atoms with E-state index >= 15 is 0 Å². The van der Waals surface area contributed by atoms with Gasteiger partial charge in [-0.05, 0) is 40.2 Å². The molecule has 0 bridgehead atoms. The lowest BCUT2D eigenvalue weighted by Crippen LogP contribution is -1.98. The van der Waals surface area contributed by atoms with Gasteiger partial charge in [0.15, 0.2) is 5.82 Å². The molecule has 0 spiro atoms. The van der Waals surface area contributed by atoms with Crippen LogP contribution in [0.15, 0.2) is 53.7 Å². The van der Waals surface area contributed by atoms with E-state index in [9.17, 15) is 0 Å². The molecule has 0 saturated carbocycles. The fourth-order valence-corrected chi connectivity index (χ4v) is 1.97. The third-order valence-corrected chi connectivity index (χ3v) is 2.86. The largest absolute Gasteiger partial charge is 0.279 e. The fraction of sp³-hybridized carbons (Fsp3) is 0. The predicted molar refractivity (Wildman–Crippen MR) is 70.1 cm³/mol. The highest BCUT2D eigenvalue weighted by Crippen LogP contribution is 2.19. The molecule has 0 aliphatic rings. The summed E-state index contributed by atoms with van der Waals surface area (Å²) in [7, 11) is 0. The minimum Gasteiger partial charge on any atom is -0.279 e. The Balaban J connectivity index is 2.13. The Hall–Kier alpha value is -2.08. The Morgan fingerprint density at radius 2 is 2.06 bits per heavy atom. The average Bonchev–Trinajstić information content (AvgIpc) is 2.89. The standard InChI is InChI=1S/C12H8BrN5/c13-11-5-1-4-10(16-11)12-17-15-8-18(12)9-3-2-6-14-7-9/h1-8H. The Morgan fingerprint density at radius 1 is 1.11 bits per heavy atom. The van der Waals surface area contributed by atoms with Gasteiger partial charge in [0.1, 0.15) is 16.6 Å². The van der Waals surface area contributed by atoms with Crippen molar-refractivity contribution < 1.29 is 0 Å². The molecular formula is C12H8BrN5. The van der Waals surface area contributed by atoms with Gasteiger partial charge in [0.25, 0.3) is 0 Å². The first-order chi connectivity index (χ1) is 8.84. The molecule has 3 heterocycles. The molecule has 6 heteroatoms.